The number of rotatable bonds is 7. The standard InChI is InChI=1S/C12H18N4O3S/c1-13-11-10(3-2-6-14-11)20(18,19)16-8-7-15-12(17)9-4-5-9/h2-3,6,9,16H,4-5,7-8H2,1H3,(H,13,14)(H,15,17). The molecule has 7 nitrogen and oxygen atoms in total. The molecule has 110 valence electrons. The fourth-order valence-corrected chi connectivity index (χ4v) is 2.93. The summed E-state index contributed by atoms with van der Waals surface area (Å²) in [6.07, 6.45) is 3.37. The average molecular weight is 298 g/mol. The maximum Gasteiger partial charge on any atom is 0.244 e. The summed E-state index contributed by atoms with van der Waals surface area (Å²) in [5.74, 6) is 0.421. The summed E-state index contributed by atoms with van der Waals surface area (Å²) >= 11 is 0. The number of nitrogens with zero attached hydrogens (tertiary/aromatic N) is 1. The number of nitrogens with one attached hydrogen (secondary N) is 3. The van der Waals surface area contributed by atoms with Crippen molar-refractivity contribution in [2.75, 3.05) is 25.5 Å². The molecule has 1 aromatic heterocycles. The van der Waals surface area contributed by atoms with Crippen LogP contribution in [0.4, 0.5) is 5.82 Å². The molecule has 0 radical (unpaired) electrons. The van der Waals surface area contributed by atoms with Crippen molar-refractivity contribution >= 4 is 21.7 Å². The van der Waals surface area contributed by atoms with E-state index in [1.54, 1.807) is 13.1 Å². The monoisotopic (exact) mass is 298 g/mol. The van der Waals surface area contributed by atoms with Gasteiger partial charge in [-0.2, -0.15) is 0 Å². The number of sulfonamides is 1. The summed E-state index contributed by atoms with van der Waals surface area (Å²) < 4.78 is 26.6. The van der Waals surface area contributed by atoms with Crippen LogP contribution in [0, 0.1) is 5.92 Å². The van der Waals surface area contributed by atoms with E-state index in [-0.39, 0.29) is 29.8 Å². The zero-order valence-electron chi connectivity index (χ0n) is 11.2. The molecule has 1 aromatic rings. The number of hydrogen-bond donors (Lipinski definition) is 3. The lowest BCUT2D eigenvalue weighted by Crippen LogP contribution is -2.35. The molecule has 3 N–H and O–H groups in total. The molecule has 20 heavy (non-hydrogen) atoms. The Morgan fingerprint density at radius 3 is 2.80 bits per heavy atom. The van der Waals surface area contributed by atoms with E-state index >= 15 is 0 Å². The van der Waals surface area contributed by atoms with Crippen LogP contribution in [-0.2, 0) is 14.8 Å². The molecule has 8 heteroatoms. The van der Waals surface area contributed by atoms with E-state index in [9.17, 15) is 13.2 Å². The Bertz CT molecular complexity index is 584. The maximum atomic E-state index is 12.1. The molecule has 1 aliphatic carbocycles. The smallest absolute Gasteiger partial charge is 0.244 e. The Morgan fingerprint density at radius 1 is 1.40 bits per heavy atom. The minimum Gasteiger partial charge on any atom is -0.372 e. The average Bonchev–Trinajstić information content (AvgIpc) is 3.28. The zero-order chi connectivity index (χ0) is 14.6. The van der Waals surface area contributed by atoms with E-state index in [0.717, 1.165) is 12.8 Å². The number of anilines is 1. The quantitative estimate of drug-likeness (QED) is 0.612. The number of carbonyl (C=O) groups excluding carboxylic acids is 1. The van der Waals surface area contributed by atoms with Gasteiger partial charge in [-0.15, -0.1) is 0 Å². The van der Waals surface area contributed by atoms with Gasteiger partial charge in [-0.05, 0) is 25.0 Å². The van der Waals surface area contributed by atoms with Crippen molar-refractivity contribution in [3.8, 4) is 0 Å². The molecule has 0 spiro atoms. The van der Waals surface area contributed by atoms with Crippen molar-refractivity contribution in [1.82, 2.24) is 15.0 Å². The van der Waals surface area contributed by atoms with E-state index in [0.29, 0.717) is 5.82 Å². The topological polar surface area (TPSA) is 100 Å². The first-order valence-corrected chi connectivity index (χ1v) is 7.93. The molecule has 2 rings (SSSR count). The van der Waals surface area contributed by atoms with Crippen LogP contribution in [0.2, 0.25) is 0 Å². The first-order chi connectivity index (χ1) is 9.54. The minimum absolute atomic E-state index is 0.00138. The van der Waals surface area contributed by atoms with Crippen LogP contribution in [-0.4, -0.2) is 39.4 Å². The molecule has 1 saturated carbocycles. The third-order valence-corrected chi connectivity index (χ3v) is 4.45. The second kappa shape index (κ2) is 6.19. The molecule has 0 aliphatic heterocycles. The lowest BCUT2D eigenvalue weighted by atomic mass is 10.4. The Hall–Kier alpha value is -1.67. The summed E-state index contributed by atoms with van der Waals surface area (Å²) in [7, 11) is -2.02. The van der Waals surface area contributed by atoms with E-state index in [2.05, 4.69) is 20.3 Å². The van der Waals surface area contributed by atoms with Crippen LogP contribution >= 0.6 is 0 Å². The molecule has 1 amide bonds. The van der Waals surface area contributed by atoms with Crippen LogP contribution in [0.3, 0.4) is 0 Å². The SMILES string of the molecule is CNc1ncccc1S(=O)(=O)NCCNC(=O)C1CC1. The predicted molar refractivity (Wildman–Crippen MR) is 74.7 cm³/mol. The second-order valence-electron chi connectivity index (χ2n) is 4.56. The molecular formula is C12H18N4O3S. The fraction of sp³-hybridized carbons (Fsp3) is 0.500. The van der Waals surface area contributed by atoms with E-state index in [1.165, 1.54) is 12.3 Å². The van der Waals surface area contributed by atoms with Crippen LogP contribution in [0.25, 0.3) is 0 Å². The molecule has 0 aromatic carbocycles. The number of pyridine rings is 1. The molecular weight excluding hydrogens is 280 g/mol. The van der Waals surface area contributed by atoms with Gasteiger partial charge >= 0.3 is 0 Å². The molecule has 0 bridgehead atoms. The summed E-state index contributed by atoms with van der Waals surface area (Å²) in [6.45, 7) is 0.433. The minimum atomic E-state index is -3.63. The Kier molecular flexibility index (Phi) is 4.56. The molecule has 0 saturated heterocycles. The molecule has 0 atom stereocenters. The lowest BCUT2D eigenvalue weighted by molar-refractivity contribution is -0.122. The van der Waals surface area contributed by atoms with E-state index < -0.39 is 10.0 Å². The van der Waals surface area contributed by atoms with Crippen molar-refractivity contribution in [2.45, 2.75) is 17.7 Å². The largest absolute Gasteiger partial charge is 0.372 e. The van der Waals surface area contributed by atoms with Gasteiger partial charge in [0.25, 0.3) is 0 Å². The van der Waals surface area contributed by atoms with Gasteiger partial charge in [0, 0.05) is 32.3 Å². The third-order valence-electron chi connectivity index (χ3n) is 2.96. The lowest BCUT2D eigenvalue weighted by Gasteiger charge is -2.10. The van der Waals surface area contributed by atoms with Gasteiger partial charge in [0.2, 0.25) is 15.9 Å². The van der Waals surface area contributed by atoms with Gasteiger partial charge in [-0.25, -0.2) is 18.1 Å². The normalized spacial score (nSPS) is 14.8. The first-order valence-electron chi connectivity index (χ1n) is 6.45. The second-order valence-corrected chi connectivity index (χ2v) is 6.30. The van der Waals surface area contributed by atoms with Gasteiger partial charge in [-0.3, -0.25) is 4.79 Å². The predicted octanol–water partition coefficient (Wildman–Crippen LogP) is -0.0722. The molecule has 1 aliphatic rings. The van der Waals surface area contributed by atoms with Crippen LogP contribution in [0.5, 0.6) is 0 Å². The van der Waals surface area contributed by atoms with Crippen LogP contribution in [0.15, 0.2) is 23.2 Å². The fourth-order valence-electron chi connectivity index (χ4n) is 1.73. The van der Waals surface area contributed by atoms with Gasteiger partial charge in [-0.1, -0.05) is 0 Å². The van der Waals surface area contributed by atoms with Crippen molar-refractivity contribution < 1.29 is 13.2 Å². The number of amides is 1. The highest BCUT2D eigenvalue weighted by Gasteiger charge is 2.29. The van der Waals surface area contributed by atoms with Crippen molar-refractivity contribution in [2.24, 2.45) is 5.92 Å². The highest BCUT2D eigenvalue weighted by molar-refractivity contribution is 7.89. The Labute approximate surface area is 118 Å². The zero-order valence-corrected chi connectivity index (χ0v) is 12.0. The number of aromatic nitrogens is 1. The van der Waals surface area contributed by atoms with Crippen molar-refractivity contribution in [1.29, 1.82) is 0 Å². The molecule has 1 heterocycles. The van der Waals surface area contributed by atoms with E-state index in [1.807, 2.05) is 0 Å². The van der Waals surface area contributed by atoms with Gasteiger partial charge in [0.1, 0.15) is 10.7 Å². The summed E-state index contributed by atoms with van der Waals surface area (Å²) in [6, 6.07) is 3.04. The summed E-state index contributed by atoms with van der Waals surface area (Å²) in [5, 5.41) is 5.43. The van der Waals surface area contributed by atoms with Crippen molar-refractivity contribution in [3.05, 3.63) is 18.3 Å². The summed E-state index contributed by atoms with van der Waals surface area (Å²) in [5.41, 5.74) is 0. The van der Waals surface area contributed by atoms with Crippen molar-refractivity contribution in [3.63, 3.8) is 0 Å². The number of hydrogen-bond acceptors (Lipinski definition) is 5. The first kappa shape index (κ1) is 14.7. The van der Waals surface area contributed by atoms with Gasteiger partial charge in [0.05, 0.1) is 0 Å². The Morgan fingerprint density at radius 2 is 2.15 bits per heavy atom. The number of carbonyl (C=O) groups is 1. The van der Waals surface area contributed by atoms with Crippen LogP contribution in [0.1, 0.15) is 12.8 Å². The van der Waals surface area contributed by atoms with Gasteiger partial charge < -0.3 is 10.6 Å². The van der Waals surface area contributed by atoms with Gasteiger partial charge in [0.15, 0.2) is 0 Å². The van der Waals surface area contributed by atoms with Crippen LogP contribution < -0.4 is 15.4 Å². The molecule has 1 fully saturated rings. The maximum absolute atomic E-state index is 12.1. The highest BCUT2D eigenvalue weighted by atomic mass is 32.2. The third kappa shape index (κ3) is 3.67. The van der Waals surface area contributed by atoms with E-state index in [4.69, 9.17) is 0 Å². The summed E-state index contributed by atoms with van der Waals surface area (Å²) in [4.78, 5) is 15.4. The Balaban J connectivity index is 1.88. The molecule has 0 unspecified atom stereocenters. The highest BCUT2D eigenvalue weighted by Crippen LogP contribution is 2.28.